The molecule has 0 bridgehead atoms. The van der Waals surface area contributed by atoms with Crippen molar-refractivity contribution in [3.05, 3.63) is 125 Å². The van der Waals surface area contributed by atoms with Crippen LogP contribution in [0.25, 0.3) is 0 Å². The third-order valence-electron chi connectivity index (χ3n) is 6.30. The number of aliphatic hydroxyl groups excluding tert-OH is 1. The maximum atomic E-state index is 11.6. The molecule has 1 aliphatic heterocycles. The van der Waals surface area contributed by atoms with Gasteiger partial charge in [-0.2, -0.15) is 9.98 Å². The fourth-order valence-corrected chi connectivity index (χ4v) is 4.38. The van der Waals surface area contributed by atoms with Crippen LogP contribution in [0.4, 0.5) is 4.79 Å². The standard InChI is InChI=1S/C32H31N3O5/c36-26(23-40-30-17-9-14-27-31(30)34-32(37)33-27)21-35(20-24-10-3-1-4-11-24)18-19-38-28-15-7-8-16-29(28)39-22-25-12-5-2-6-13-25/h1-17,26,36H,18-23H2. The van der Waals surface area contributed by atoms with E-state index >= 15 is 0 Å². The Morgan fingerprint density at radius 2 is 1.35 bits per heavy atom. The van der Waals surface area contributed by atoms with Crippen molar-refractivity contribution in [2.75, 3.05) is 26.3 Å². The van der Waals surface area contributed by atoms with Crippen molar-refractivity contribution in [2.24, 2.45) is 9.98 Å². The van der Waals surface area contributed by atoms with Crippen LogP contribution in [-0.2, 0) is 13.2 Å². The molecule has 1 aliphatic rings. The first kappa shape index (κ1) is 27.1. The van der Waals surface area contributed by atoms with Crippen LogP contribution in [0.1, 0.15) is 11.1 Å². The Morgan fingerprint density at radius 3 is 2.10 bits per heavy atom. The number of aliphatic hydroxyl groups is 1. The van der Waals surface area contributed by atoms with Gasteiger partial charge in [0.05, 0.1) is 5.36 Å². The number of rotatable bonds is 14. The number of hydrogen-bond acceptors (Lipinski definition) is 6. The van der Waals surface area contributed by atoms with Crippen LogP contribution in [0.5, 0.6) is 17.2 Å². The molecule has 4 aromatic rings. The molecule has 2 amide bonds. The van der Waals surface area contributed by atoms with E-state index in [9.17, 15) is 9.90 Å². The highest BCUT2D eigenvalue weighted by Crippen LogP contribution is 2.27. The zero-order chi connectivity index (χ0) is 27.6. The first-order valence-electron chi connectivity index (χ1n) is 13.2. The molecule has 0 saturated carbocycles. The first-order chi connectivity index (χ1) is 19.6. The fraction of sp³-hybridized carbons (Fsp3) is 0.219. The number of fused-ring (bicyclic) bond motifs is 1. The molecule has 0 aliphatic carbocycles. The van der Waals surface area contributed by atoms with Gasteiger partial charge >= 0.3 is 6.03 Å². The number of para-hydroxylation sites is 3. The number of benzene rings is 4. The number of carbonyl (C=O) groups is 1. The molecule has 40 heavy (non-hydrogen) atoms. The molecular formula is C32H31N3O5. The number of urea groups is 1. The van der Waals surface area contributed by atoms with E-state index < -0.39 is 12.1 Å². The smallest absolute Gasteiger partial charge is 0.368 e. The Labute approximate surface area is 232 Å². The van der Waals surface area contributed by atoms with Crippen molar-refractivity contribution in [2.45, 2.75) is 19.3 Å². The Kier molecular flexibility index (Phi) is 9.13. The molecule has 0 saturated heterocycles. The minimum absolute atomic E-state index is 0.0441. The summed E-state index contributed by atoms with van der Waals surface area (Å²) >= 11 is 0. The van der Waals surface area contributed by atoms with Gasteiger partial charge in [-0.3, -0.25) is 4.90 Å². The molecule has 0 radical (unpaired) electrons. The van der Waals surface area contributed by atoms with Crippen LogP contribution in [-0.4, -0.2) is 48.4 Å². The van der Waals surface area contributed by atoms with Gasteiger partial charge in [-0.25, -0.2) is 4.79 Å². The van der Waals surface area contributed by atoms with E-state index in [0.29, 0.717) is 60.8 Å². The second kappa shape index (κ2) is 13.5. The first-order valence-corrected chi connectivity index (χ1v) is 13.2. The van der Waals surface area contributed by atoms with E-state index in [2.05, 4.69) is 27.0 Å². The van der Waals surface area contributed by atoms with E-state index in [-0.39, 0.29) is 6.61 Å². The molecule has 1 N–H and O–H groups in total. The summed E-state index contributed by atoms with van der Waals surface area (Å²) in [5, 5.41) is 11.7. The molecule has 8 nitrogen and oxygen atoms in total. The molecule has 0 aromatic heterocycles. The Bertz CT molecular complexity index is 1530. The summed E-state index contributed by atoms with van der Waals surface area (Å²) in [5.41, 5.74) is 2.21. The highest BCUT2D eigenvalue weighted by molar-refractivity contribution is 5.77. The van der Waals surface area contributed by atoms with Gasteiger partial charge in [-0.05, 0) is 35.4 Å². The van der Waals surface area contributed by atoms with Gasteiger partial charge in [0.1, 0.15) is 37.0 Å². The van der Waals surface area contributed by atoms with Gasteiger partial charge in [-0.15, -0.1) is 0 Å². The van der Waals surface area contributed by atoms with Gasteiger partial charge in [-0.1, -0.05) is 78.9 Å². The Balaban J connectivity index is 1.19. The summed E-state index contributed by atoms with van der Waals surface area (Å²) in [7, 11) is 0. The lowest BCUT2D eigenvalue weighted by Gasteiger charge is -2.25. The highest BCUT2D eigenvalue weighted by Gasteiger charge is 2.16. The quantitative estimate of drug-likeness (QED) is 0.262. The van der Waals surface area contributed by atoms with Crippen LogP contribution >= 0.6 is 0 Å². The molecule has 8 heteroatoms. The van der Waals surface area contributed by atoms with Crippen LogP contribution < -0.4 is 24.9 Å². The monoisotopic (exact) mass is 537 g/mol. The van der Waals surface area contributed by atoms with E-state index in [1.165, 1.54) is 0 Å². The molecule has 204 valence electrons. The molecule has 4 aromatic carbocycles. The third kappa shape index (κ3) is 7.53. The fourth-order valence-electron chi connectivity index (χ4n) is 4.38. The molecule has 1 heterocycles. The topological polar surface area (TPSA) is 93.0 Å². The predicted molar refractivity (Wildman–Crippen MR) is 150 cm³/mol. The summed E-state index contributed by atoms with van der Waals surface area (Å²) in [6, 6.07) is 32.3. The zero-order valence-corrected chi connectivity index (χ0v) is 22.1. The van der Waals surface area contributed by atoms with Gasteiger partial charge in [0.25, 0.3) is 0 Å². The highest BCUT2D eigenvalue weighted by atomic mass is 16.5. The molecular weight excluding hydrogens is 506 g/mol. The van der Waals surface area contributed by atoms with Gasteiger partial charge in [0.2, 0.25) is 0 Å². The van der Waals surface area contributed by atoms with Gasteiger partial charge in [0, 0.05) is 19.6 Å². The van der Waals surface area contributed by atoms with Crippen molar-refractivity contribution in [1.29, 1.82) is 0 Å². The third-order valence-corrected chi connectivity index (χ3v) is 6.30. The zero-order valence-electron chi connectivity index (χ0n) is 22.1. The summed E-state index contributed by atoms with van der Waals surface area (Å²) in [4.78, 5) is 21.4. The number of hydrogen-bond donors (Lipinski definition) is 1. The van der Waals surface area contributed by atoms with Gasteiger partial charge < -0.3 is 19.3 Å². The lowest BCUT2D eigenvalue weighted by Crippen LogP contribution is -2.38. The summed E-state index contributed by atoms with van der Waals surface area (Å²) in [6.45, 7) is 2.47. The molecule has 1 unspecified atom stereocenters. The van der Waals surface area contributed by atoms with Crippen LogP contribution in [0, 0.1) is 0 Å². The lowest BCUT2D eigenvalue weighted by atomic mass is 10.2. The molecule has 0 spiro atoms. The van der Waals surface area contributed by atoms with Crippen LogP contribution in [0.2, 0.25) is 0 Å². The van der Waals surface area contributed by atoms with Crippen molar-refractivity contribution in [3.8, 4) is 17.2 Å². The SMILES string of the molecule is O=C1N=c2cccc(OCC(O)CN(CCOc3ccccc3OCc3ccccc3)Cc3ccccc3)c2=N1. The summed E-state index contributed by atoms with van der Waals surface area (Å²) < 4.78 is 18.0. The van der Waals surface area contributed by atoms with Crippen molar-refractivity contribution < 1.29 is 24.1 Å². The lowest BCUT2D eigenvalue weighted by molar-refractivity contribution is 0.0598. The van der Waals surface area contributed by atoms with Crippen molar-refractivity contribution in [1.82, 2.24) is 4.90 Å². The average molecular weight is 538 g/mol. The molecule has 5 rings (SSSR count). The van der Waals surface area contributed by atoms with E-state index in [1.54, 1.807) is 18.2 Å². The second-order valence-electron chi connectivity index (χ2n) is 9.39. The van der Waals surface area contributed by atoms with Crippen LogP contribution in [0.3, 0.4) is 0 Å². The minimum Gasteiger partial charge on any atom is -0.488 e. The largest absolute Gasteiger partial charge is 0.488 e. The van der Waals surface area contributed by atoms with E-state index in [1.807, 2.05) is 72.8 Å². The number of carbonyl (C=O) groups excluding carboxylic acids is 1. The molecule has 0 fully saturated rings. The maximum absolute atomic E-state index is 11.6. The number of ether oxygens (including phenoxy) is 3. The Morgan fingerprint density at radius 1 is 0.700 bits per heavy atom. The van der Waals surface area contributed by atoms with Gasteiger partial charge in [0.15, 0.2) is 11.5 Å². The average Bonchev–Trinajstić information content (AvgIpc) is 3.37. The van der Waals surface area contributed by atoms with Crippen LogP contribution in [0.15, 0.2) is 113 Å². The predicted octanol–water partition coefficient (Wildman–Crippen LogP) is 3.96. The van der Waals surface area contributed by atoms with E-state index in [0.717, 1.165) is 11.1 Å². The summed E-state index contributed by atoms with van der Waals surface area (Å²) in [6.07, 6.45) is -0.782. The summed E-state index contributed by atoms with van der Waals surface area (Å²) in [5.74, 6) is 1.78. The number of amides is 2. The normalized spacial score (nSPS) is 12.8. The Hall–Kier alpha value is -4.53. The minimum atomic E-state index is -0.782. The second-order valence-corrected chi connectivity index (χ2v) is 9.39. The van der Waals surface area contributed by atoms with Crippen molar-refractivity contribution in [3.63, 3.8) is 0 Å². The number of nitrogens with zero attached hydrogens (tertiary/aromatic N) is 3. The molecule has 1 atom stereocenters. The van der Waals surface area contributed by atoms with Crippen molar-refractivity contribution >= 4 is 6.03 Å². The van der Waals surface area contributed by atoms with E-state index in [4.69, 9.17) is 14.2 Å². The maximum Gasteiger partial charge on any atom is 0.368 e.